The largest absolute Gasteiger partial charge is 0.369 e. The highest BCUT2D eigenvalue weighted by molar-refractivity contribution is 5.79. The van der Waals surface area contributed by atoms with E-state index in [-0.39, 0.29) is 5.82 Å². The van der Waals surface area contributed by atoms with Crippen molar-refractivity contribution < 1.29 is 4.39 Å². The molecule has 0 saturated carbocycles. The monoisotopic (exact) mass is 259 g/mol. The number of rotatable bonds is 3. The Balaban J connectivity index is 1.98. The normalized spacial score (nSPS) is 11.3. The van der Waals surface area contributed by atoms with Gasteiger partial charge in [-0.15, -0.1) is 0 Å². The van der Waals surface area contributed by atoms with Crippen molar-refractivity contribution in [3.63, 3.8) is 0 Å². The van der Waals surface area contributed by atoms with Gasteiger partial charge in [0.2, 0.25) is 5.95 Å². The van der Waals surface area contributed by atoms with Crippen molar-refractivity contribution in [3.8, 4) is 0 Å². The Hall–Kier alpha value is -2.37. The summed E-state index contributed by atoms with van der Waals surface area (Å²) in [5.41, 5.74) is 7.92. The van der Waals surface area contributed by atoms with Gasteiger partial charge in [-0.2, -0.15) is 5.10 Å². The summed E-state index contributed by atoms with van der Waals surface area (Å²) in [4.78, 5) is 4.19. The molecule has 0 unspecified atom stereocenters. The van der Waals surface area contributed by atoms with Crippen LogP contribution < -0.4 is 5.73 Å². The van der Waals surface area contributed by atoms with Gasteiger partial charge >= 0.3 is 0 Å². The Labute approximate surface area is 109 Å². The molecule has 0 amide bonds. The Morgan fingerprint density at radius 2 is 2.16 bits per heavy atom. The number of hydrogen-bond donors (Lipinski definition) is 1. The third-order valence-electron chi connectivity index (χ3n) is 3.17. The van der Waals surface area contributed by atoms with Gasteiger partial charge in [0.1, 0.15) is 5.82 Å². The molecular formula is C13H14FN5. The summed E-state index contributed by atoms with van der Waals surface area (Å²) in [6.45, 7) is 3.07. The molecule has 0 aliphatic heterocycles. The number of anilines is 1. The van der Waals surface area contributed by atoms with Crippen molar-refractivity contribution in [2.75, 3.05) is 5.73 Å². The number of hydrogen-bond acceptors (Lipinski definition) is 3. The zero-order valence-electron chi connectivity index (χ0n) is 10.5. The molecule has 2 N–H and O–H groups in total. The van der Waals surface area contributed by atoms with E-state index in [0.717, 1.165) is 5.52 Å². The van der Waals surface area contributed by atoms with E-state index in [2.05, 4.69) is 10.1 Å². The maximum absolute atomic E-state index is 13.5. The molecule has 3 rings (SSSR count). The van der Waals surface area contributed by atoms with Crippen LogP contribution in [0.5, 0.6) is 0 Å². The second-order valence-electron chi connectivity index (χ2n) is 4.48. The number of fused-ring (bicyclic) bond motifs is 1. The molecule has 98 valence electrons. The summed E-state index contributed by atoms with van der Waals surface area (Å²) < 4.78 is 17.2. The van der Waals surface area contributed by atoms with E-state index in [0.29, 0.717) is 30.1 Å². The highest BCUT2D eigenvalue weighted by Gasteiger charge is 2.10. The summed E-state index contributed by atoms with van der Waals surface area (Å²) in [6.07, 6.45) is 3.62. The molecule has 19 heavy (non-hydrogen) atoms. The zero-order chi connectivity index (χ0) is 13.4. The van der Waals surface area contributed by atoms with E-state index in [1.54, 1.807) is 19.2 Å². The van der Waals surface area contributed by atoms with Gasteiger partial charge in [-0.1, -0.05) is 0 Å². The van der Waals surface area contributed by atoms with E-state index in [9.17, 15) is 4.39 Å². The van der Waals surface area contributed by atoms with Gasteiger partial charge in [0.15, 0.2) is 0 Å². The molecule has 0 radical (unpaired) electrons. The van der Waals surface area contributed by atoms with Crippen LogP contribution in [0, 0.1) is 12.7 Å². The van der Waals surface area contributed by atoms with Crippen LogP contribution in [-0.4, -0.2) is 19.3 Å². The molecule has 0 aliphatic carbocycles. The van der Waals surface area contributed by atoms with Crippen molar-refractivity contribution in [2.24, 2.45) is 0 Å². The van der Waals surface area contributed by atoms with Gasteiger partial charge in [0, 0.05) is 25.0 Å². The topological polar surface area (TPSA) is 61.7 Å². The minimum Gasteiger partial charge on any atom is -0.369 e. The molecule has 2 heterocycles. The van der Waals surface area contributed by atoms with Crippen molar-refractivity contribution >= 4 is 17.0 Å². The number of halogens is 1. The lowest BCUT2D eigenvalue weighted by molar-refractivity contribution is 0.544. The summed E-state index contributed by atoms with van der Waals surface area (Å²) in [6, 6.07) is 5.07. The van der Waals surface area contributed by atoms with Gasteiger partial charge in [-0.25, -0.2) is 9.37 Å². The molecule has 0 spiro atoms. The van der Waals surface area contributed by atoms with Crippen molar-refractivity contribution in [3.05, 3.63) is 42.0 Å². The second kappa shape index (κ2) is 4.38. The standard InChI is InChI=1S/C13H14FN5/c1-9-7-12-11(8-10(9)14)17-13(15)19(12)6-5-18-4-2-3-16-18/h2-4,7-8H,5-6H2,1H3,(H2,15,17). The van der Waals surface area contributed by atoms with Gasteiger partial charge < -0.3 is 10.3 Å². The van der Waals surface area contributed by atoms with E-state index in [1.807, 2.05) is 21.5 Å². The average Bonchev–Trinajstić information content (AvgIpc) is 2.96. The highest BCUT2D eigenvalue weighted by atomic mass is 19.1. The van der Waals surface area contributed by atoms with Crippen LogP contribution in [0.1, 0.15) is 5.56 Å². The third kappa shape index (κ3) is 2.05. The van der Waals surface area contributed by atoms with Crippen LogP contribution in [0.2, 0.25) is 0 Å². The van der Waals surface area contributed by atoms with E-state index in [4.69, 9.17) is 5.73 Å². The van der Waals surface area contributed by atoms with Crippen LogP contribution in [0.4, 0.5) is 10.3 Å². The predicted octanol–water partition coefficient (Wildman–Crippen LogP) is 1.96. The van der Waals surface area contributed by atoms with Gasteiger partial charge in [-0.3, -0.25) is 4.68 Å². The first kappa shape index (κ1) is 11.7. The van der Waals surface area contributed by atoms with E-state index >= 15 is 0 Å². The molecule has 3 aromatic rings. The lowest BCUT2D eigenvalue weighted by Gasteiger charge is -2.07. The van der Waals surface area contributed by atoms with E-state index in [1.165, 1.54) is 6.07 Å². The minimum atomic E-state index is -0.260. The lowest BCUT2D eigenvalue weighted by atomic mass is 10.2. The molecule has 0 aliphatic rings. The van der Waals surface area contributed by atoms with Crippen LogP contribution >= 0.6 is 0 Å². The Morgan fingerprint density at radius 3 is 2.89 bits per heavy atom. The maximum Gasteiger partial charge on any atom is 0.201 e. The fourth-order valence-electron chi connectivity index (χ4n) is 2.14. The van der Waals surface area contributed by atoms with Gasteiger partial charge in [-0.05, 0) is 24.6 Å². The SMILES string of the molecule is Cc1cc2c(cc1F)nc(N)n2CCn1cccn1. The van der Waals surface area contributed by atoms with Crippen LogP contribution in [0.3, 0.4) is 0 Å². The van der Waals surface area contributed by atoms with Crippen LogP contribution in [0.25, 0.3) is 11.0 Å². The molecule has 0 atom stereocenters. The number of nitrogens with two attached hydrogens (primary N) is 1. The summed E-state index contributed by atoms with van der Waals surface area (Å²) >= 11 is 0. The maximum atomic E-state index is 13.5. The molecular weight excluding hydrogens is 245 g/mol. The average molecular weight is 259 g/mol. The summed E-state index contributed by atoms with van der Waals surface area (Å²) in [5, 5.41) is 4.14. The number of nitrogen functional groups attached to an aromatic ring is 1. The number of nitrogens with zero attached hydrogens (tertiary/aromatic N) is 4. The molecule has 0 bridgehead atoms. The van der Waals surface area contributed by atoms with Crippen molar-refractivity contribution in [2.45, 2.75) is 20.0 Å². The minimum absolute atomic E-state index is 0.260. The summed E-state index contributed by atoms with van der Waals surface area (Å²) in [5.74, 6) is 0.136. The Morgan fingerprint density at radius 1 is 1.32 bits per heavy atom. The smallest absolute Gasteiger partial charge is 0.201 e. The molecule has 0 saturated heterocycles. The molecule has 0 fully saturated rings. The first-order valence-corrected chi connectivity index (χ1v) is 6.04. The zero-order valence-corrected chi connectivity index (χ0v) is 10.5. The molecule has 1 aromatic carbocycles. The first-order chi connectivity index (χ1) is 9.15. The fourth-order valence-corrected chi connectivity index (χ4v) is 2.14. The first-order valence-electron chi connectivity index (χ1n) is 6.04. The Bertz CT molecular complexity index is 714. The second-order valence-corrected chi connectivity index (χ2v) is 4.48. The van der Waals surface area contributed by atoms with Crippen LogP contribution in [-0.2, 0) is 13.1 Å². The van der Waals surface area contributed by atoms with Crippen LogP contribution in [0.15, 0.2) is 30.6 Å². The fraction of sp³-hybridized carbons (Fsp3) is 0.231. The quantitative estimate of drug-likeness (QED) is 0.782. The highest BCUT2D eigenvalue weighted by Crippen LogP contribution is 2.21. The van der Waals surface area contributed by atoms with Crippen molar-refractivity contribution in [1.82, 2.24) is 19.3 Å². The summed E-state index contributed by atoms with van der Waals surface area (Å²) in [7, 11) is 0. The van der Waals surface area contributed by atoms with Crippen molar-refractivity contribution in [1.29, 1.82) is 0 Å². The lowest BCUT2D eigenvalue weighted by Crippen LogP contribution is -2.10. The molecule has 2 aromatic heterocycles. The Kier molecular flexibility index (Phi) is 2.70. The number of aromatic nitrogens is 4. The number of benzene rings is 1. The molecule has 5 nitrogen and oxygen atoms in total. The van der Waals surface area contributed by atoms with E-state index < -0.39 is 0 Å². The molecule has 6 heteroatoms. The number of aryl methyl sites for hydroxylation is 3. The number of imidazole rings is 1. The predicted molar refractivity (Wildman–Crippen MR) is 71.1 cm³/mol. The third-order valence-corrected chi connectivity index (χ3v) is 3.17. The van der Waals surface area contributed by atoms with Gasteiger partial charge in [0.25, 0.3) is 0 Å². The van der Waals surface area contributed by atoms with Gasteiger partial charge in [0.05, 0.1) is 17.6 Å².